The van der Waals surface area contributed by atoms with E-state index >= 15 is 0 Å². The van der Waals surface area contributed by atoms with Gasteiger partial charge in [0.2, 0.25) is 0 Å². The number of hydrogen-bond donors (Lipinski definition) is 1. The van der Waals surface area contributed by atoms with E-state index < -0.39 is 0 Å². The van der Waals surface area contributed by atoms with Crippen LogP contribution in [0, 0.1) is 10.1 Å². The summed E-state index contributed by atoms with van der Waals surface area (Å²) in [5, 5.41) is 10.8. The quantitative estimate of drug-likeness (QED) is 0.482. The van der Waals surface area contributed by atoms with Crippen molar-refractivity contribution in [1.82, 2.24) is 0 Å². The highest BCUT2D eigenvalue weighted by Gasteiger charge is 2.17. The minimum Gasteiger partial charge on any atom is -0.324 e. The second kappa shape index (κ2) is 8.03. The van der Waals surface area contributed by atoms with Crippen molar-refractivity contribution in [3.8, 4) is 0 Å². The molecule has 96 valence electrons. The molecule has 17 heavy (non-hydrogen) atoms. The number of hydrogen-bond acceptors (Lipinski definition) is 3. The van der Waals surface area contributed by atoms with Gasteiger partial charge in [-0.05, 0) is 6.42 Å². The lowest BCUT2D eigenvalue weighted by Crippen LogP contribution is -2.12. The molecule has 0 aliphatic rings. The maximum absolute atomic E-state index is 10.8. The summed E-state index contributed by atoms with van der Waals surface area (Å²) in [6.07, 6.45) is 4.07. The molecule has 0 aromatic heterocycles. The predicted molar refractivity (Wildman–Crippen MR) is 71.4 cm³/mol. The van der Waals surface area contributed by atoms with Gasteiger partial charge in [-0.1, -0.05) is 44.4 Å². The fraction of sp³-hybridized carbons (Fsp3) is 0.500. The first-order valence-corrected chi connectivity index (χ1v) is 5.65. The van der Waals surface area contributed by atoms with Gasteiger partial charge >= 0.3 is 0 Å². The fourth-order valence-electron chi connectivity index (χ4n) is 1.74. The van der Waals surface area contributed by atoms with Gasteiger partial charge in [0.05, 0.1) is 4.92 Å². The molecular weight excluding hydrogens is 240 g/mol. The van der Waals surface area contributed by atoms with E-state index in [9.17, 15) is 10.1 Å². The lowest BCUT2D eigenvalue weighted by molar-refractivity contribution is -0.385. The van der Waals surface area contributed by atoms with Crippen LogP contribution >= 0.6 is 12.4 Å². The Morgan fingerprint density at radius 1 is 1.35 bits per heavy atom. The number of rotatable bonds is 6. The average molecular weight is 259 g/mol. The third-order valence-corrected chi connectivity index (χ3v) is 2.65. The van der Waals surface area contributed by atoms with E-state index in [2.05, 4.69) is 6.92 Å². The minimum absolute atomic E-state index is 0. The highest BCUT2D eigenvalue weighted by Crippen LogP contribution is 2.26. The Labute approximate surface area is 108 Å². The van der Waals surface area contributed by atoms with Crippen molar-refractivity contribution in [2.45, 2.75) is 38.6 Å². The lowest BCUT2D eigenvalue weighted by atomic mass is 10.00. The summed E-state index contributed by atoms with van der Waals surface area (Å²) in [5.74, 6) is 0. The van der Waals surface area contributed by atoms with Crippen LogP contribution in [0.5, 0.6) is 0 Å². The van der Waals surface area contributed by atoms with Gasteiger partial charge in [0.15, 0.2) is 0 Å². The van der Waals surface area contributed by atoms with Crippen molar-refractivity contribution in [2.75, 3.05) is 0 Å². The number of unbranched alkanes of at least 4 members (excludes halogenated alkanes) is 2. The van der Waals surface area contributed by atoms with Crippen LogP contribution in [-0.4, -0.2) is 4.92 Å². The fourth-order valence-corrected chi connectivity index (χ4v) is 1.74. The van der Waals surface area contributed by atoms with Crippen LogP contribution in [0.25, 0.3) is 0 Å². The normalized spacial score (nSPS) is 11.6. The van der Waals surface area contributed by atoms with E-state index in [1.807, 2.05) is 0 Å². The number of nitro groups is 1. The van der Waals surface area contributed by atoms with Gasteiger partial charge in [0.25, 0.3) is 5.69 Å². The first kappa shape index (κ1) is 15.9. The lowest BCUT2D eigenvalue weighted by Gasteiger charge is -2.11. The molecule has 0 saturated carbocycles. The van der Waals surface area contributed by atoms with Gasteiger partial charge in [-0.15, -0.1) is 12.4 Å². The van der Waals surface area contributed by atoms with Crippen LogP contribution in [0.3, 0.4) is 0 Å². The van der Waals surface area contributed by atoms with Crippen molar-refractivity contribution in [3.05, 3.63) is 39.9 Å². The van der Waals surface area contributed by atoms with Crippen molar-refractivity contribution in [2.24, 2.45) is 5.73 Å². The van der Waals surface area contributed by atoms with Gasteiger partial charge < -0.3 is 5.73 Å². The van der Waals surface area contributed by atoms with Crippen molar-refractivity contribution < 1.29 is 4.92 Å². The van der Waals surface area contributed by atoms with E-state index in [1.165, 1.54) is 6.07 Å². The summed E-state index contributed by atoms with van der Waals surface area (Å²) in [5.41, 5.74) is 6.74. The minimum atomic E-state index is -0.366. The van der Waals surface area contributed by atoms with Gasteiger partial charge in [-0.25, -0.2) is 0 Å². The molecule has 1 rings (SSSR count). The maximum Gasteiger partial charge on any atom is 0.274 e. The first-order chi connectivity index (χ1) is 7.66. The van der Waals surface area contributed by atoms with Crippen LogP contribution < -0.4 is 5.73 Å². The number of nitro benzene ring substituents is 1. The van der Waals surface area contributed by atoms with Crippen LogP contribution in [0.2, 0.25) is 0 Å². The molecule has 0 heterocycles. The number of nitrogens with two attached hydrogens (primary N) is 1. The predicted octanol–water partition coefficient (Wildman–Crippen LogP) is 3.60. The van der Waals surface area contributed by atoms with Gasteiger partial charge in [-0.3, -0.25) is 10.1 Å². The average Bonchev–Trinajstić information content (AvgIpc) is 2.29. The molecule has 1 aromatic carbocycles. The summed E-state index contributed by atoms with van der Waals surface area (Å²) in [6, 6.07) is 6.49. The molecule has 2 N–H and O–H groups in total. The van der Waals surface area contributed by atoms with Gasteiger partial charge in [-0.2, -0.15) is 0 Å². The molecule has 0 spiro atoms. The Morgan fingerprint density at radius 2 is 2.00 bits per heavy atom. The molecule has 1 atom stereocenters. The van der Waals surface area contributed by atoms with E-state index in [0.717, 1.165) is 25.7 Å². The molecule has 0 radical (unpaired) electrons. The smallest absolute Gasteiger partial charge is 0.274 e. The maximum atomic E-state index is 10.8. The van der Waals surface area contributed by atoms with Crippen LogP contribution in [-0.2, 0) is 0 Å². The molecule has 5 heteroatoms. The van der Waals surface area contributed by atoms with E-state index in [-0.39, 0.29) is 29.1 Å². The molecule has 0 aliphatic carbocycles. The van der Waals surface area contributed by atoms with Gasteiger partial charge in [0, 0.05) is 17.7 Å². The summed E-state index contributed by atoms with van der Waals surface area (Å²) >= 11 is 0. The van der Waals surface area contributed by atoms with E-state index in [0.29, 0.717) is 5.56 Å². The van der Waals surface area contributed by atoms with Gasteiger partial charge in [0.1, 0.15) is 0 Å². The number of nitrogens with zero attached hydrogens (tertiary/aromatic N) is 1. The van der Waals surface area contributed by atoms with Crippen LogP contribution in [0.1, 0.15) is 44.2 Å². The van der Waals surface area contributed by atoms with Crippen molar-refractivity contribution in [1.29, 1.82) is 0 Å². The molecule has 0 bridgehead atoms. The summed E-state index contributed by atoms with van der Waals surface area (Å²) in [6.45, 7) is 2.12. The monoisotopic (exact) mass is 258 g/mol. The zero-order chi connectivity index (χ0) is 12.0. The molecular formula is C12H19ClN2O2. The highest BCUT2D eigenvalue weighted by atomic mass is 35.5. The summed E-state index contributed by atoms with van der Waals surface area (Å²) in [4.78, 5) is 10.4. The molecule has 0 amide bonds. The Morgan fingerprint density at radius 3 is 2.59 bits per heavy atom. The Hall–Kier alpha value is -1.13. The summed E-state index contributed by atoms with van der Waals surface area (Å²) in [7, 11) is 0. The highest BCUT2D eigenvalue weighted by molar-refractivity contribution is 5.85. The standard InChI is InChI=1S/C12H18N2O2.ClH/c1-2-3-4-8-11(13)10-7-5-6-9-12(10)14(15)16;/h5-7,9,11H,2-4,8,13H2,1H3;1H/t11-;/m1./s1. The largest absolute Gasteiger partial charge is 0.324 e. The Bertz CT molecular complexity index is 358. The molecule has 0 aliphatic heterocycles. The number of halogens is 1. The molecule has 0 unspecified atom stereocenters. The number of para-hydroxylation sites is 1. The van der Waals surface area contributed by atoms with Crippen LogP contribution in [0.4, 0.5) is 5.69 Å². The summed E-state index contributed by atoms with van der Waals surface area (Å²) < 4.78 is 0. The zero-order valence-corrected chi connectivity index (χ0v) is 10.8. The molecule has 1 aromatic rings. The SMILES string of the molecule is CCCCC[C@@H](N)c1ccccc1[N+](=O)[O-].Cl. The topological polar surface area (TPSA) is 69.2 Å². The molecule has 4 nitrogen and oxygen atoms in total. The molecule has 0 fully saturated rings. The zero-order valence-electron chi connectivity index (χ0n) is 9.96. The molecule has 0 saturated heterocycles. The van der Waals surface area contributed by atoms with Crippen molar-refractivity contribution >= 4 is 18.1 Å². The Balaban J connectivity index is 0.00000256. The third kappa shape index (κ3) is 4.71. The third-order valence-electron chi connectivity index (χ3n) is 2.65. The van der Waals surface area contributed by atoms with Crippen LogP contribution in [0.15, 0.2) is 24.3 Å². The van der Waals surface area contributed by atoms with E-state index in [4.69, 9.17) is 5.73 Å². The first-order valence-electron chi connectivity index (χ1n) is 5.65. The number of benzene rings is 1. The second-order valence-electron chi connectivity index (χ2n) is 3.92. The second-order valence-corrected chi connectivity index (χ2v) is 3.92. The van der Waals surface area contributed by atoms with E-state index in [1.54, 1.807) is 18.2 Å². The Kier molecular flexibility index (Phi) is 7.50. The van der Waals surface area contributed by atoms with Crippen molar-refractivity contribution in [3.63, 3.8) is 0 Å².